The lowest BCUT2D eigenvalue weighted by Gasteiger charge is -2.31. The van der Waals surface area contributed by atoms with Crippen LogP contribution in [0.2, 0.25) is 0 Å². The number of nitrogens with zero attached hydrogens (tertiary/aromatic N) is 2. The quantitative estimate of drug-likeness (QED) is 0.275. The minimum atomic E-state index is -4.12. The van der Waals surface area contributed by atoms with Crippen molar-refractivity contribution in [3.05, 3.63) is 95.6 Å². The van der Waals surface area contributed by atoms with Gasteiger partial charge in [0.2, 0.25) is 10.0 Å². The monoisotopic (exact) mass is 633 g/mol. The topological polar surface area (TPSA) is 133 Å². The zero-order chi connectivity index (χ0) is 32.1. The third-order valence-corrected chi connectivity index (χ3v) is 9.97. The molecule has 5 rings (SSSR count). The standard InChI is InChI=1S/C34H39N3O7S/c1-23(2)21-36(22-31(38)30(20-24-10-4-3-5-11-24)35-34(41)44-26-12-6-7-13-26)45(42,43)27-18-16-25(17-19-27)37-32(39)28-14-8-9-15-29(28)33(37)40/h3-5,8-11,14-19,23,26,30-31,38H,6-7,12-13,20-22H2,1-2H3,(H,35,41)/t30-,31+/m0/s1. The first-order chi connectivity index (χ1) is 21.5. The third kappa shape index (κ3) is 7.43. The van der Waals surface area contributed by atoms with Crippen LogP contribution in [0.4, 0.5) is 10.5 Å². The first kappa shape index (κ1) is 32.3. The van der Waals surface area contributed by atoms with Crippen molar-refractivity contribution in [2.24, 2.45) is 5.92 Å². The number of aliphatic hydroxyl groups excluding tert-OH is 1. The van der Waals surface area contributed by atoms with Gasteiger partial charge in [0.25, 0.3) is 11.8 Å². The summed E-state index contributed by atoms with van der Waals surface area (Å²) >= 11 is 0. The van der Waals surface area contributed by atoms with Gasteiger partial charge in [-0.15, -0.1) is 0 Å². The minimum absolute atomic E-state index is 0.0519. The van der Waals surface area contributed by atoms with Crippen LogP contribution in [-0.4, -0.2) is 67.1 Å². The molecule has 1 heterocycles. The van der Waals surface area contributed by atoms with Crippen LogP contribution in [0, 0.1) is 5.92 Å². The number of fused-ring (bicyclic) bond motifs is 1. The number of ether oxygens (including phenoxy) is 1. The first-order valence-corrected chi connectivity index (χ1v) is 16.8. The highest BCUT2D eigenvalue weighted by Gasteiger charge is 2.37. The molecule has 3 aromatic carbocycles. The molecule has 238 valence electrons. The van der Waals surface area contributed by atoms with E-state index in [9.17, 15) is 27.9 Å². The highest BCUT2D eigenvalue weighted by atomic mass is 32.2. The Balaban J connectivity index is 1.35. The Morgan fingerprint density at radius 2 is 1.49 bits per heavy atom. The van der Waals surface area contributed by atoms with Crippen LogP contribution in [0.5, 0.6) is 0 Å². The van der Waals surface area contributed by atoms with E-state index in [0.717, 1.165) is 36.1 Å². The lowest BCUT2D eigenvalue weighted by atomic mass is 10.0. The average Bonchev–Trinajstić information content (AvgIpc) is 3.62. The Bertz CT molecular complexity index is 1590. The van der Waals surface area contributed by atoms with Gasteiger partial charge in [0.1, 0.15) is 6.10 Å². The van der Waals surface area contributed by atoms with Gasteiger partial charge in [-0.1, -0.05) is 56.3 Å². The van der Waals surface area contributed by atoms with E-state index in [-0.39, 0.29) is 42.1 Å². The summed E-state index contributed by atoms with van der Waals surface area (Å²) in [5, 5.41) is 14.2. The largest absolute Gasteiger partial charge is 0.446 e. The number of amides is 3. The molecule has 0 aromatic heterocycles. The number of benzene rings is 3. The fourth-order valence-electron chi connectivity index (χ4n) is 5.85. The predicted molar refractivity (Wildman–Crippen MR) is 169 cm³/mol. The zero-order valence-corrected chi connectivity index (χ0v) is 26.3. The van der Waals surface area contributed by atoms with E-state index in [4.69, 9.17) is 4.74 Å². The van der Waals surface area contributed by atoms with E-state index in [2.05, 4.69) is 5.32 Å². The molecule has 3 aromatic rings. The lowest BCUT2D eigenvalue weighted by Crippen LogP contribution is -2.51. The molecule has 0 radical (unpaired) electrons. The molecule has 2 aliphatic rings. The molecule has 0 spiro atoms. The summed E-state index contributed by atoms with van der Waals surface area (Å²) in [4.78, 5) is 39.6. The highest BCUT2D eigenvalue weighted by Crippen LogP contribution is 2.30. The predicted octanol–water partition coefficient (Wildman–Crippen LogP) is 4.77. The number of alkyl carbamates (subject to hydrolysis) is 1. The fraction of sp³-hybridized carbons (Fsp3) is 0.382. The van der Waals surface area contributed by atoms with Crippen molar-refractivity contribution in [3.63, 3.8) is 0 Å². The van der Waals surface area contributed by atoms with Crippen LogP contribution in [0.15, 0.2) is 83.8 Å². The van der Waals surface area contributed by atoms with E-state index in [1.54, 1.807) is 24.3 Å². The molecule has 10 nitrogen and oxygen atoms in total. The molecule has 1 aliphatic carbocycles. The van der Waals surface area contributed by atoms with Crippen molar-refractivity contribution in [3.8, 4) is 0 Å². The van der Waals surface area contributed by atoms with Crippen molar-refractivity contribution in [2.75, 3.05) is 18.0 Å². The van der Waals surface area contributed by atoms with E-state index in [1.807, 2.05) is 44.2 Å². The van der Waals surface area contributed by atoms with Crippen molar-refractivity contribution in [1.82, 2.24) is 9.62 Å². The van der Waals surface area contributed by atoms with Gasteiger partial charge in [-0.2, -0.15) is 4.31 Å². The number of carbonyl (C=O) groups excluding carboxylic acids is 3. The second-order valence-corrected chi connectivity index (χ2v) is 14.0. The number of hydrogen-bond donors (Lipinski definition) is 2. The summed E-state index contributed by atoms with van der Waals surface area (Å²) in [6.45, 7) is 3.59. The van der Waals surface area contributed by atoms with Crippen molar-refractivity contribution >= 4 is 33.6 Å². The molecule has 2 N–H and O–H groups in total. The molecular formula is C34H39N3O7S. The molecule has 1 fully saturated rings. The van der Waals surface area contributed by atoms with Gasteiger partial charge >= 0.3 is 6.09 Å². The Morgan fingerprint density at radius 3 is 2.07 bits per heavy atom. The van der Waals surface area contributed by atoms with Gasteiger partial charge in [-0.25, -0.2) is 18.1 Å². The first-order valence-electron chi connectivity index (χ1n) is 15.3. The maximum atomic E-state index is 13.9. The van der Waals surface area contributed by atoms with Crippen molar-refractivity contribution in [2.45, 2.75) is 69.1 Å². The summed E-state index contributed by atoms with van der Waals surface area (Å²) in [5.41, 5.74) is 1.71. The van der Waals surface area contributed by atoms with E-state index >= 15 is 0 Å². The van der Waals surface area contributed by atoms with Crippen LogP contribution in [-0.2, 0) is 21.2 Å². The van der Waals surface area contributed by atoms with E-state index < -0.39 is 40.1 Å². The Kier molecular flexibility index (Phi) is 10.0. The van der Waals surface area contributed by atoms with Crippen LogP contribution >= 0.6 is 0 Å². The number of anilines is 1. The van der Waals surface area contributed by atoms with Gasteiger partial charge in [-0.3, -0.25) is 9.59 Å². The number of aliphatic hydroxyl groups is 1. The number of sulfonamides is 1. The summed E-state index contributed by atoms with van der Waals surface area (Å²) < 4.78 is 34.7. The van der Waals surface area contributed by atoms with Crippen LogP contribution in [0.1, 0.15) is 65.8 Å². The van der Waals surface area contributed by atoms with Crippen LogP contribution in [0.25, 0.3) is 0 Å². The van der Waals surface area contributed by atoms with E-state index in [1.165, 1.54) is 28.6 Å². The Hall–Kier alpha value is -4.06. The maximum Gasteiger partial charge on any atom is 0.407 e. The molecule has 1 saturated carbocycles. The second kappa shape index (κ2) is 13.9. The van der Waals surface area contributed by atoms with Gasteiger partial charge in [0.15, 0.2) is 0 Å². The van der Waals surface area contributed by atoms with Gasteiger partial charge in [0, 0.05) is 13.1 Å². The molecule has 3 amide bonds. The summed E-state index contributed by atoms with van der Waals surface area (Å²) in [7, 11) is -4.12. The molecule has 0 saturated heterocycles. The Morgan fingerprint density at radius 1 is 0.911 bits per heavy atom. The molecule has 11 heteroatoms. The normalized spacial score (nSPS) is 16.7. The lowest BCUT2D eigenvalue weighted by molar-refractivity contribution is 0.0725. The molecule has 1 aliphatic heterocycles. The number of rotatable bonds is 12. The number of carbonyl (C=O) groups is 3. The molecule has 2 atom stereocenters. The summed E-state index contributed by atoms with van der Waals surface area (Å²) in [5.74, 6) is -1.02. The summed E-state index contributed by atoms with van der Waals surface area (Å²) in [6, 6.07) is 20.6. The fourth-order valence-corrected chi connectivity index (χ4v) is 7.47. The maximum absolute atomic E-state index is 13.9. The minimum Gasteiger partial charge on any atom is -0.446 e. The van der Waals surface area contributed by atoms with Gasteiger partial charge in [-0.05, 0) is 80.0 Å². The summed E-state index contributed by atoms with van der Waals surface area (Å²) in [6.07, 6.45) is 1.80. The van der Waals surface area contributed by atoms with Crippen LogP contribution < -0.4 is 10.2 Å². The van der Waals surface area contributed by atoms with Crippen LogP contribution in [0.3, 0.4) is 0 Å². The molecule has 0 unspecified atom stereocenters. The number of nitrogens with one attached hydrogen (secondary N) is 1. The highest BCUT2D eigenvalue weighted by molar-refractivity contribution is 7.89. The van der Waals surface area contributed by atoms with Gasteiger partial charge < -0.3 is 15.2 Å². The molecule has 0 bridgehead atoms. The third-order valence-electron chi connectivity index (χ3n) is 8.13. The van der Waals surface area contributed by atoms with Crippen molar-refractivity contribution in [1.29, 1.82) is 0 Å². The van der Waals surface area contributed by atoms with E-state index in [0.29, 0.717) is 11.1 Å². The number of hydrogen-bond acceptors (Lipinski definition) is 7. The van der Waals surface area contributed by atoms with Crippen molar-refractivity contribution < 1.29 is 32.6 Å². The van der Waals surface area contributed by atoms with Gasteiger partial charge in [0.05, 0.1) is 33.9 Å². The Labute approximate surface area is 264 Å². The number of imide groups is 1. The second-order valence-electron chi connectivity index (χ2n) is 12.0. The smallest absolute Gasteiger partial charge is 0.407 e. The molecular weight excluding hydrogens is 594 g/mol. The zero-order valence-electron chi connectivity index (χ0n) is 25.5. The molecule has 45 heavy (non-hydrogen) atoms. The SMILES string of the molecule is CC(C)CN(C[C@@H](O)[C@H](Cc1ccccc1)NC(=O)OC1CCCC1)S(=O)(=O)c1ccc(N2C(=O)c3ccccc3C2=O)cc1. The average molecular weight is 634 g/mol.